The third kappa shape index (κ3) is 4.07. The Bertz CT molecular complexity index is 1670. The molecule has 4 aromatic rings. The highest BCUT2D eigenvalue weighted by molar-refractivity contribution is 7.14. The fourth-order valence-corrected chi connectivity index (χ4v) is 4.36. The van der Waals surface area contributed by atoms with Crippen LogP contribution in [-0.2, 0) is 38.7 Å². The molecule has 0 aliphatic rings. The van der Waals surface area contributed by atoms with Gasteiger partial charge in [0.1, 0.15) is 12.4 Å². The number of rotatable bonds is 4. The molecule has 0 bridgehead atoms. The van der Waals surface area contributed by atoms with Gasteiger partial charge >= 0.3 is 17.6 Å². The molecule has 0 spiro atoms. The average molecular weight is 512 g/mol. The first kappa shape index (κ1) is 24.1. The second-order valence-corrected chi connectivity index (χ2v) is 8.44. The molecule has 0 atom stereocenters. The Hall–Kier alpha value is -4.01. The molecule has 4 rings (SSSR count). The second-order valence-electron chi connectivity index (χ2n) is 7.58. The van der Waals surface area contributed by atoms with Crippen molar-refractivity contribution in [3.63, 3.8) is 0 Å². The van der Waals surface area contributed by atoms with Crippen LogP contribution in [0.5, 0.6) is 0 Å². The van der Waals surface area contributed by atoms with Gasteiger partial charge in [-0.05, 0) is 12.1 Å². The Morgan fingerprint density at radius 3 is 2.34 bits per heavy atom. The Morgan fingerprint density at radius 1 is 1.06 bits per heavy atom. The predicted molar refractivity (Wildman–Crippen MR) is 119 cm³/mol. The summed E-state index contributed by atoms with van der Waals surface area (Å²) in [6.45, 7) is -0.576. The lowest BCUT2D eigenvalue weighted by Crippen LogP contribution is -2.38. The van der Waals surface area contributed by atoms with Crippen molar-refractivity contribution in [2.75, 3.05) is 5.32 Å². The topological polar surface area (TPSA) is 113 Å². The summed E-state index contributed by atoms with van der Waals surface area (Å²) in [7, 11) is 3.98. The summed E-state index contributed by atoms with van der Waals surface area (Å²) in [5.74, 6) is -2.19. The molecule has 0 aliphatic heterocycles. The van der Waals surface area contributed by atoms with Gasteiger partial charge in [0.2, 0.25) is 5.91 Å². The quantitative estimate of drug-likeness (QED) is 0.418. The Balaban J connectivity index is 1.61. The van der Waals surface area contributed by atoms with Crippen LogP contribution < -0.4 is 22.3 Å². The van der Waals surface area contributed by atoms with Gasteiger partial charge < -0.3 is 5.32 Å². The monoisotopic (exact) mass is 512 g/mol. The van der Waals surface area contributed by atoms with Gasteiger partial charge in [0.25, 0.3) is 5.56 Å². The van der Waals surface area contributed by atoms with Crippen molar-refractivity contribution >= 4 is 33.5 Å². The third-order valence-corrected chi connectivity index (χ3v) is 6.10. The predicted octanol–water partition coefficient (Wildman–Crippen LogP) is 1.66. The van der Waals surface area contributed by atoms with Gasteiger partial charge in [0, 0.05) is 32.1 Å². The van der Waals surface area contributed by atoms with E-state index < -0.39 is 46.9 Å². The molecule has 1 N–H and O–H groups in total. The molecule has 0 fully saturated rings. The fourth-order valence-electron chi connectivity index (χ4n) is 3.62. The van der Waals surface area contributed by atoms with Crippen molar-refractivity contribution in [2.45, 2.75) is 12.7 Å². The number of aromatic nitrogens is 5. The summed E-state index contributed by atoms with van der Waals surface area (Å²) < 4.78 is 56.1. The number of carbonyl (C=O) groups excluding carboxylic acids is 1. The normalized spacial score (nSPS) is 11.9. The van der Waals surface area contributed by atoms with Crippen LogP contribution in [0.1, 0.15) is 5.56 Å². The van der Waals surface area contributed by atoms with Crippen LogP contribution in [0.2, 0.25) is 0 Å². The van der Waals surface area contributed by atoms with Crippen molar-refractivity contribution in [2.24, 2.45) is 21.1 Å². The molecule has 184 valence electrons. The zero-order valence-electron chi connectivity index (χ0n) is 18.3. The minimum absolute atomic E-state index is 0.0387. The summed E-state index contributed by atoms with van der Waals surface area (Å²) in [6.07, 6.45) is -4.84. The number of hydrogen-bond donors (Lipinski definition) is 1. The minimum Gasteiger partial charge on any atom is -0.300 e. The number of alkyl halides is 3. The SMILES string of the molecule is Cn1c(=O)c2c(n(C)c1=O)n(C)c(=O)n2CC(=O)Nc1nc(-c2ccc(C(F)(F)F)c(F)c2)cs1. The van der Waals surface area contributed by atoms with E-state index >= 15 is 0 Å². The molecule has 3 aromatic heterocycles. The van der Waals surface area contributed by atoms with Gasteiger partial charge in [-0.15, -0.1) is 11.3 Å². The molecule has 0 saturated heterocycles. The van der Waals surface area contributed by atoms with Gasteiger partial charge in [-0.1, -0.05) is 6.07 Å². The van der Waals surface area contributed by atoms with Gasteiger partial charge in [-0.3, -0.25) is 27.9 Å². The van der Waals surface area contributed by atoms with E-state index in [0.717, 1.165) is 35.7 Å². The highest BCUT2D eigenvalue weighted by Gasteiger charge is 2.34. The van der Waals surface area contributed by atoms with E-state index in [1.807, 2.05) is 0 Å². The zero-order valence-corrected chi connectivity index (χ0v) is 19.1. The molecule has 35 heavy (non-hydrogen) atoms. The first-order valence-electron chi connectivity index (χ1n) is 9.79. The Labute approximate surface area is 196 Å². The van der Waals surface area contributed by atoms with Crippen molar-refractivity contribution in [3.05, 3.63) is 66.3 Å². The summed E-state index contributed by atoms with van der Waals surface area (Å²) in [6, 6.07) is 2.35. The van der Waals surface area contributed by atoms with Gasteiger partial charge in [-0.25, -0.2) is 19.0 Å². The number of amides is 1. The van der Waals surface area contributed by atoms with Gasteiger partial charge in [0.05, 0.1) is 11.3 Å². The number of nitrogens with zero attached hydrogens (tertiary/aromatic N) is 5. The molecule has 3 heterocycles. The van der Waals surface area contributed by atoms with E-state index in [-0.39, 0.29) is 27.6 Å². The number of fused-ring (bicyclic) bond motifs is 1. The Morgan fingerprint density at radius 2 is 1.71 bits per heavy atom. The molecule has 0 saturated carbocycles. The number of benzene rings is 1. The second kappa shape index (κ2) is 8.33. The largest absolute Gasteiger partial charge is 0.419 e. The number of thiazole rings is 1. The standard InChI is InChI=1S/C20H16F4N6O4S/c1-27-15-14(16(32)29(3)18(27)33)30(19(34)28(15)2)7-13(31)26-17-25-12(8-35-17)9-4-5-10(11(21)6-9)20(22,23)24/h4-6,8H,7H2,1-3H3,(H,25,26,31). The van der Waals surface area contributed by atoms with E-state index in [1.165, 1.54) is 26.5 Å². The molecule has 1 aromatic carbocycles. The maximum atomic E-state index is 13.9. The lowest BCUT2D eigenvalue weighted by Gasteiger charge is -2.08. The molecule has 0 radical (unpaired) electrons. The number of halogens is 4. The number of anilines is 1. The van der Waals surface area contributed by atoms with E-state index in [1.54, 1.807) is 0 Å². The summed E-state index contributed by atoms with van der Waals surface area (Å²) in [5, 5.41) is 3.89. The van der Waals surface area contributed by atoms with Crippen LogP contribution in [0.3, 0.4) is 0 Å². The number of carbonyl (C=O) groups is 1. The molecule has 0 unspecified atom stereocenters. The van der Waals surface area contributed by atoms with Crippen molar-refractivity contribution in [1.29, 1.82) is 0 Å². The zero-order chi connectivity index (χ0) is 25.8. The minimum atomic E-state index is -4.84. The van der Waals surface area contributed by atoms with E-state index in [4.69, 9.17) is 0 Å². The van der Waals surface area contributed by atoms with E-state index in [9.17, 15) is 36.7 Å². The van der Waals surface area contributed by atoms with E-state index in [2.05, 4.69) is 10.3 Å². The van der Waals surface area contributed by atoms with E-state index in [0.29, 0.717) is 12.1 Å². The molecule has 15 heteroatoms. The maximum Gasteiger partial charge on any atom is 0.419 e. The summed E-state index contributed by atoms with van der Waals surface area (Å²) >= 11 is 0.930. The van der Waals surface area contributed by atoms with Crippen LogP contribution in [0, 0.1) is 5.82 Å². The van der Waals surface area contributed by atoms with Crippen LogP contribution >= 0.6 is 11.3 Å². The van der Waals surface area contributed by atoms with Crippen LogP contribution in [-0.4, -0.2) is 29.2 Å². The maximum absolute atomic E-state index is 13.9. The van der Waals surface area contributed by atoms with Crippen molar-refractivity contribution in [3.8, 4) is 11.3 Å². The smallest absolute Gasteiger partial charge is 0.300 e. The highest BCUT2D eigenvalue weighted by atomic mass is 32.1. The molecule has 10 nitrogen and oxygen atoms in total. The highest BCUT2D eigenvalue weighted by Crippen LogP contribution is 2.34. The molecule has 0 aliphatic carbocycles. The van der Waals surface area contributed by atoms with Crippen molar-refractivity contribution in [1.82, 2.24) is 23.3 Å². The lowest BCUT2D eigenvalue weighted by molar-refractivity contribution is -0.140. The van der Waals surface area contributed by atoms with Crippen LogP contribution in [0.15, 0.2) is 38.0 Å². The molecule has 1 amide bonds. The number of hydrogen-bond acceptors (Lipinski definition) is 6. The number of aryl methyl sites for hydroxylation is 2. The lowest BCUT2D eigenvalue weighted by atomic mass is 10.1. The van der Waals surface area contributed by atoms with Crippen LogP contribution in [0.25, 0.3) is 22.4 Å². The molecular weight excluding hydrogens is 496 g/mol. The van der Waals surface area contributed by atoms with Gasteiger partial charge in [-0.2, -0.15) is 13.2 Å². The summed E-state index contributed by atoms with van der Waals surface area (Å²) in [5.41, 5.74) is -3.41. The van der Waals surface area contributed by atoms with Crippen LogP contribution in [0.4, 0.5) is 22.7 Å². The van der Waals surface area contributed by atoms with Crippen molar-refractivity contribution < 1.29 is 22.4 Å². The fraction of sp³-hybridized carbons (Fsp3) is 0.250. The first-order chi connectivity index (χ1) is 16.3. The Kier molecular flexibility index (Phi) is 5.75. The van der Waals surface area contributed by atoms with Gasteiger partial charge in [0.15, 0.2) is 16.3 Å². The third-order valence-electron chi connectivity index (χ3n) is 5.34. The summed E-state index contributed by atoms with van der Waals surface area (Å²) in [4.78, 5) is 54.2. The molecular formula is C20H16F4N6O4S. The average Bonchev–Trinajstić information content (AvgIpc) is 3.33. The number of imidazole rings is 1. The number of nitrogens with one attached hydrogen (secondary N) is 1. The first-order valence-corrected chi connectivity index (χ1v) is 10.7.